The summed E-state index contributed by atoms with van der Waals surface area (Å²) in [6.07, 6.45) is 3.97. The van der Waals surface area contributed by atoms with Crippen molar-refractivity contribution in [2.24, 2.45) is 0 Å². The number of hydrogen-bond acceptors (Lipinski definition) is 5. The van der Waals surface area contributed by atoms with Gasteiger partial charge in [-0.05, 0) is 29.9 Å². The fourth-order valence-electron chi connectivity index (χ4n) is 2.95. The first kappa shape index (κ1) is 18.8. The Bertz CT molecular complexity index is 649. The van der Waals surface area contributed by atoms with Crippen LogP contribution in [0.25, 0.3) is 0 Å². The van der Waals surface area contributed by atoms with E-state index in [0.717, 1.165) is 12.0 Å². The molecule has 1 saturated heterocycles. The Balaban J connectivity index is 2.36. The van der Waals surface area contributed by atoms with Crippen molar-refractivity contribution in [2.45, 2.75) is 17.7 Å². The molecule has 1 N–H and O–H groups in total. The molecule has 1 fully saturated rings. The molecule has 0 aliphatic carbocycles. The van der Waals surface area contributed by atoms with E-state index in [9.17, 15) is 9.59 Å². The number of likely N-dealkylation sites (tertiary alicyclic amines) is 1. The van der Waals surface area contributed by atoms with Gasteiger partial charge in [-0.15, -0.1) is 0 Å². The molecule has 1 aromatic rings. The Labute approximate surface area is 150 Å². The van der Waals surface area contributed by atoms with Gasteiger partial charge in [0.1, 0.15) is 6.04 Å². The summed E-state index contributed by atoms with van der Waals surface area (Å²) in [7, 11) is 1.34. The SMILES string of the molecule is COC(=O)[C@H](c1ccccc1Cl)N1CC[C@H](SC)/C(=C\C(=O)O)C1. The van der Waals surface area contributed by atoms with Crippen LogP contribution in [0.15, 0.2) is 35.9 Å². The number of carbonyl (C=O) groups is 2. The zero-order valence-electron chi connectivity index (χ0n) is 13.6. The Morgan fingerprint density at radius 1 is 1.46 bits per heavy atom. The minimum Gasteiger partial charge on any atom is -0.478 e. The molecule has 0 saturated carbocycles. The lowest BCUT2D eigenvalue weighted by Crippen LogP contribution is -2.43. The molecular weight excluding hydrogens is 350 g/mol. The van der Waals surface area contributed by atoms with Crippen molar-refractivity contribution in [1.29, 1.82) is 0 Å². The number of aliphatic carboxylic acids is 1. The van der Waals surface area contributed by atoms with Crippen molar-refractivity contribution in [2.75, 3.05) is 26.5 Å². The normalized spacial score (nSPS) is 21.5. The van der Waals surface area contributed by atoms with E-state index in [2.05, 4.69) is 0 Å². The number of hydrogen-bond donors (Lipinski definition) is 1. The quantitative estimate of drug-likeness (QED) is 0.635. The second kappa shape index (κ2) is 8.55. The lowest BCUT2D eigenvalue weighted by atomic mass is 9.98. The van der Waals surface area contributed by atoms with Crippen LogP contribution < -0.4 is 0 Å². The summed E-state index contributed by atoms with van der Waals surface area (Å²) in [5.74, 6) is -1.38. The van der Waals surface area contributed by atoms with Gasteiger partial charge >= 0.3 is 11.9 Å². The summed E-state index contributed by atoms with van der Waals surface area (Å²) >= 11 is 7.89. The predicted molar refractivity (Wildman–Crippen MR) is 95.4 cm³/mol. The zero-order valence-corrected chi connectivity index (χ0v) is 15.1. The molecule has 1 aliphatic heterocycles. The Kier molecular flexibility index (Phi) is 6.71. The highest BCUT2D eigenvalue weighted by Gasteiger charge is 2.35. The van der Waals surface area contributed by atoms with Crippen molar-refractivity contribution in [3.63, 3.8) is 0 Å². The lowest BCUT2D eigenvalue weighted by Gasteiger charge is -2.37. The molecule has 1 aliphatic rings. The van der Waals surface area contributed by atoms with Gasteiger partial charge in [-0.25, -0.2) is 9.59 Å². The Morgan fingerprint density at radius 2 is 2.17 bits per heavy atom. The molecular formula is C17H20ClNO4S. The smallest absolute Gasteiger partial charge is 0.328 e. The van der Waals surface area contributed by atoms with E-state index in [0.29, 0.717) is 23.7 Å². The number of ether oxygens (including phenoxy) is 1. The standard InChI is InChI=1S/C17H20ClNO4S/c1-23-17(22)16(12-5-3-4-6-13(12)18)19-8-7-14(24-2)11(10-19)9-15(20)21/h3-6,9,14,16H,7-8,10H2,1-2H3,(H,20,21)/b11-9-/t14-,16-/m0/s1. The number of piperidine rings is 1. The van der Waals surface area contributed by atoms with Crippen LogP contribution >= 0.6 is 23.4 Å². The minimum atomic E-state index is -0.974. The van der Waals surface area contributed by atoms with Crippen molar-refractivity contribution >= 4 is 35.3 Å². The van der Waals surface area contributed by atoms with E-state index < -0.39 is 18.0 Å². The number of nitrogens with zero attached hydrogens (tertiary/aromatic N) is 1. The monoisotopic (exact) mass is 369 g/mol. The molecule has 5 nitrogen and oxygen atoms in total. The fourth-order valence-corrected chi connectivity index (χ4v) is 3.98. The van der Waals surface area contributed by atoms with Gasteiger partial charge in [0.15, 0.2) is 0 Å². The first-order valence-corrected chi connectivity index (χ1v) is 9.17. The van der Waals surface area contributed by atoms with Crippen LogP contribution in [-0.2, 0) is 14.3 Å². The van der Waals surface area contributed by atoms with Gasteiger partial charge in [-0.3, -0.25) is 4.90 Å². The highest BCUT2D eigenvalue weighted by molar-refractivity contribution is 7.99. The number of carbonyl (C=O) groups excluding carboxylic acids is 1. The van der Waals surface area contributed by atoms with E-state index in [1.165, 1.54) is 13.2 Å². The van der Waals surface area contributed by atoms with Crippen molar-refractivity contribution in [3.05, 3.63) is 46.5 Å². The number of rotatable bonds is 5. The first-order valence-electron chi connectivity index (χ1n) is 7.50. The van der Waals surface area contributed by atoms with Gasteiger partial charge in [-0.2, -0.15) is 11.8 Å². The number of carboxylic acids is 1. The van der Waals surface area contributed by atoms with Crippen LogP contribution in [0.2, 0.25) is 5.02 Å². The third-order valence-electron chi connectivity index (χ3n) is 4.06. The first-order chi connectivity index (χ1) is 11.5. The van der Waals surface area contributed by atoms with Crippen LogP contribution in [0.1, 0.15) is 18.0 Å². The van der Waals surface area contributed by atoms with E-state index in [1.54, 1.807) is 30.0 Å². The molecule has 1 aromatic carbocycles. The van der Waals surface area contributed by atoms with Gasteiger partial charge < -0.3 is 9.84 Å². The largest absolute Gasteiger partial charge is 0.478 e. The molecule has 2 atom stereocenters. The number of benzene rings is 1. The van der Waals surface area contributed by atoms with E-state index in [-0.39, 0.29) is 5.25 Å². The van der Waals surface area contributed by atoms with Crippen molar-refractivity contribution in [1.82, 2.24) is 4.90 Å². The van der Waals surface area contributed by atoms with Crippen LogP contribution in [0.5, 0.6) is 0 Å². The number of thioether (sulfide) groups is 1. The van der Waals surface area contributed by atoms with E-state index in [4.69, 9.17) is 21.4 Å². The van der Waals surface area contributed by atoms with Crippen LogP contribution in [-0.4, -0.2) is 53.7 Å². The van der Waals surface area contributed by atoms with Gasteiger partial charge in [0.25, 0.3) is 0 Å². The van der Waals surface area contributed by atoms with Crippen molar-refractivity contribution < 1.29 is 19.4 Å². The molecule has 0 aromatic heterocycles. The van der Waals surface area contributed by atoms with Gasteiger partial charge in [0.2, 0.25) is 0 Å². The number of esters is 1. The van der Waals surface area contributed by atoms with Crippen LogP contribution in [0, 0.1) is 0 Å². The molecule has 0 unspecified atom stereocenters. The molecule has 24 heavy (non-hydrogen) atoms. The number of methoxy groups -OCH3 is 1. The molecule has 1 heterocycles. The van der Waals surface area contributed by atoms with E-state index >= 15 is 0 Å². The molecule has 0 spiro atoms. The topological polar surface area (TPSA) is 66.8 Å². The summed E-state index contributed by atoms with van der Waals surface area (Å²) in [4.78, 5) is 25.4. The zero-order chi connectivity index (χ0) is 17.7. The third-order valence-corrected chi connectivity index (χ3v) is 5.51. The van der Waals surface area contributed by atoms with E-state index in [1.807, 2.05) is 17.2 Å². The molecule has 2 rings (SSSR count). The van der Waals surface area contributed by atoms with Crippen molar-refractivity contribution in [3.8, 4) is 0 Å². The summed E-state index contributed by atoms with van der Waals surface area (Å²) in [6.45, 7) is 1.05. The summed E-state index contributed by atoms with van der Waals surface area (Å²) in [5.41, 5.74) is 1.46. The van der Waals surface area contributed by atoms with Crippen LogP contribution in [0.3, 0.4) is 0 Å². The molecule has 0 bridgehead atoms. The summed E-state index contributed by atoms with van der Waals surface area (Å²) < 4.78 is 4.96. The average molecular weight is 370 g/mol. The molecule has 0 amide bonds. The van der Waals surface area contributed by atoms with Gasteiger partial charge in [-0.1, -0.05) is 29.8 Å². The molecule has 7 heteroatoms. The molecule has 130 valence electrons. The van der Waals surface area contributed by atoms with Gasteiger partial charge in [0, 0.05) is 29.4 Å². The number of halogens is 1. The molecule has 0 radical (unpaired) electrons. The highest BCUT2D eigenvalue weighted by atomic mass is 35.5. The second-order valence-corrected chi connectivity index (χ2v) is 6.94. The Hall–Kier alpha value is -1.50. The fraction of sp³-hybridized carbons (Fsp3) is 0.412. The lowest BCUT2D eigenvalue weighted by molar-refractivity contribution is -0.147. The number of carboxylic acid groups (broad SMARTS) is 1. The van der Waals surface area contributed by atoms with Gasteiger partial charge in [0.05, 0.1) is 7.11 Å². The Morgan fingerprint density at radius 3 is 2.75 bits per heavy atom. The predicted octanol–water partition coefficient (Wildman–Crippen LogP) is 3.00. The summed E-state index contributed by atoms with van der Waals surface area (Å²) in [6, 6.07) is 6.50. The maximum Gasteiger partial charge on any atom is 0.328 e. The van der Waals surface area contributed by atoms with Crippen LogP contribution in [0.4, 0.5) is 0 Å². The minimum absolute atomic E-state index is 0.141. The second-order valence-electron chi connectivity index (χ2n) is 5.49. The maximum atomic E-state index is 12.4. The average Bonchev–Trinajstić information content (AvgIpc) is 2.56. The highest BCUT2D eigenvalue weighted by Crippen LogP contribution is 2.34. The summed E-state index contributed by atoms with van der Waals surface area (Å²) in [5, 5.41) is 9.73. The third kappa shape index (κ3) is 4.32. The maximum absolute atomic E-state index is 12.4.